The van der Waals surface area contributed by atoms with Crippen LogP contribution in [0.1, 0.15) is 39.3 Å². The molecule has 1 aromatic heterocycles. The van der Waals surface area contributed by atoms with Crippen LogP contribution >= 0.6 is 0 Å². The summed E-state index contributed by atoms with van der Waals surface area (Å²) in [6.45, 7) is 6.29. The highest BCUT2D eigenvalue weighted by Gasteiger charge is 2.31. The summed E-state index contributed by atoms with van der Waals surface area (Å²) in [5, 5.41) is 14.1. The normalized spacial score (nSPS) is 21.9. The van der Waals surface area contributed by atoms with Gasteiger partial charge in [0.15, 0.2) is 0 Å². The van der Waals surface area contributed by atoms with Crippen molar-refractivity contribution in [2.75, 3.05) is 0 Å². The van der Waals surface area contributed by atoms with Crippen LogP contribution in [0.15, 0.2) is 18.3 Å². The van der Waals surface area contributed by atoms with Gasteiger partial charge in [-0.3, -0.25) is 0 Å². The van der Waals surface area contributed by atoms with Crippen molar-refractivity contribution in [3.8, 4) is 0 Å². The molecule has 6 nitrogen and oxygen atoms in total. The van der Waals surface area contributed by atoms with Crippen molar-refractivity contribution in [2.45, 2.75) is 57.8 Å². The Balaban J connectivity index is 1.62. The van der Waals surface area contributed by atoms with Crippen LogP contribution in [0, 0.1) is 0 Å². The van der Waals surface area contributed by atoms with Gasteiger partial charge in [-0.25, -0.2) is 4.79 Å². The number of carbonyl (C=O) groups is 1. The van der Waals surface area contributed by atoms with Gasteiger partial charge in [0.05, 0.1) is 5.69 Å². The maximum atomic E-state index is 11.6. The van der Waals surface area contributed by atoms with E-state index in [1.54, 1.807) is 6.20 Å². The van der Waals surface area contributed by atoms with Crippen LogP contribution in [0.25, 0.3) is 0 Å². The first kappa shape index (κ1) is 14.7. The molecule has 0 unspecified atom stereocenters. The standard InChI is InChI=1S/C14H22N4O2/c1-14(2,3)20-13(19)17-12-7-11(8-12)15-9-10-5-4-6-16-18-10/h4-6,11-12,15H,7-9H2,1-3H3,(H,17,19). The van der Waals surface area contributed by atoms with Gasteiger partial charge in [-0.2, -0.15) is 10.2 Å². The lowest BCUT2D eigenvalue weighted by Crippen LogP contribution is -2.53. The lowest BCUT2D eigenvalue weighted by molar-refractivity contribution is 0.0465. The zero-order valence-electron chi connectivity index (χ0n) is 12.2. The number of alkyl carbamates (subject to hydrolysis) is 1. The summed E-state index contributed by atoms with van der Waals surface area (Å²) in [6.07, 6.45) is 3.15. The third kappa shape index (κ3) is 4.77. The lowest BCUT2D eigenvalue weighted by atomic mass is 9.87. The van der Waals surface area contributed by atoms with Crippen LogP contribution in [-0.2, 0) is 11.3 Å². The predicted octanol–water partition coefficient (Wildman–Crippen LogP) is 1.62. The van der Waals surface area contributed by atoms with E-state index >= 15 is 0 Å². The number of aromatic nitrogens is 2. The first-order chi connectivity index (χ1) is 9.42. The van der Waals surface area contributed by atoms with E-state index in [2.05, 4.69) is 20.8 Å². The monoisotopic (exact) mass is 278 g/mol. The summed E-state index contributed by atoms with van der Waals surface area (Å²) < 4.78 is 5.22. The van der Waals surface area contributed by atoms with Gasteiger partial charge < -0.3 is 15.4 Å². The van der Waals surface area contributed by atoms with Gasteiger partial charge in [-0.05, 0) is 45.7 Å². The topological polar surface area (TPSA) is 76.1 Å². The molecule has 0 atom stereocenters. The zero-order valence-corrected chi connectivity index (χ0v) is 12.2. The highest BCUT2D eigenvalue weighted by Crippen LogP contribution is 2.21. The van der Waals surface area contributed by atoms with Gasteiger partial charge in [-0.1, -0.05) is 0 Å². The number of amides is 1. The molecule has 0 aromatic carbocycles. The number of hydrogen-bond donors (Lipinski definition) is 2. The Bertz CT molecular complexity index is 438. The Kier molecular flexibility index (Phi) is 4.54. The third-order valence-electron chi connectivity index (χ3n) is 3.06. The molecular weight excluding hydrogens is 256 g/mol. The molecule has 0 radical (unpaired) electrons. The van der Waals surface area contributed by atoms with E-state index in [9.17, 15) is 4.79 Å². The fourth-order valence-electron chi connectivity index (χ4n) is 2.05. The summed E-state index contributed by atoms with van der Waals surface area (Å²) in [7, 11) is 0. The first-order valence-electron chi connectivity index (χ1n) is 6.92. The van der Waals surface area contributed by atoms with E-state index in [1.807, 2.05) is 32.9 Å². The molecule has 1 saturated carbocycles. The second kappa shape index (κ2) is 6.17. The number of rotatable bonds is 4. The van der Waals surface area contributed by atoms with Gasteiger partial charge in [0, 0.05) is 24.8 Å². The molecule has 1 fully saturated rings. The highest BCUT2D eigenvalue weighted by molar-refractivity contribution is 5.68. The fourth-order valence-corrected chi connectivity index (χ4v) is 2.05. The summed E-state index contributed by atoms with van der Waals surface area (Å²) in [4.78, 5) is 11.6. The maximum absolute atomic E-state index is 11.6. The zero-order chi connectivity index (χ0) is 14.6. The molecule has 1 aromatic rings. The molecule has 1 heterocycles. The Morgan fingerprint density at radius 2 is 2.15 bits per heavy atom. The van der Waals surface area contributed by atoms with Crippen molar-refractivity contribution in [3.63, 3.8) is 0 Å². The minimum Gasteiger partial charge on any atom is -0.444 e. The average Bonchev–Trinajstić information content (AvgIpc) is 2.31. The predicted molar refractivity (Wildman–Crippen MR) is 75.1 cm³/mol. The Labute approximate surface area is 119 Å². The average molecular weight is 278 g/mol. The second-order valence-electron chi connectivity index (χ2n) is 6.11. The maximum Gasteiger partial charge on any atom is 0.407 e. The molecule has 0 saturated heterocycles. The van der Waals surface area contributed by atoms with Gasteiger partial charge in [0.25, 0.3) is 0 Å². The van der Waals surface area contributed by atoms with Crippen molar-refractivity contribution in [2.24, 2.45) is 0 Å². The van der Waals surface area contributed by atoms with Crippen LogP contribution in [0.4, 0.5) is 4.79 Å². The van der Waals surface area contributed by atoms with Crippen molar-refractivity contribution in [3.05, 3.63) is 24.0 Å². The molecular formula is C14H22N4O2. The third-order valence-corrected chi connectivity index (χ3v) is 3.06. The van der Waals surface area contributed by atoms with E-state index in [0.717, 1.165) is 18.5 Å². The number of nitrogens with one attached hydrogen (secondary N) is 2. The van der Waals surface area contributed by atoms with Crippen LogP contribution in [0.5, 0.6) is 0 Å². The van der Waals surface area contributed by atoms with Crippen molar-refractivity contribution in [1.29, 1.82) is 0 Å². The lowest BCUT2D eigenvalue weighted by Gasteiger charge is -2.36. The van der Waals surface area contributed by atoms with Crippen LogP contribution in [-0.4, -0.2) is 34.0 Å². The summed E-state index contributed by atoms with van der Waals surface area (Å²) in [5.74, 6) is 0. The van der Waals surface area contributed by atoms with Crippen molar-refractivity contribution in [1.82, 2.24) is 20.8 Å². The minimum absolute atomic E-state index is 0.198. The first-order valence-corrected chi connectivity index (χ1v) is 6.92. The highest BCUT2D eigenvalue weighted by atomic mass is 16.6. The van der Waals surface area contributed by atoms with Gasteiger partial charge in [0.1, 0.15) is 5.60 Å². The Morgan fingerprint density at radius 3 is 2.75 bits per heavy atom. The molecule has 110 valence electrons. The van der Waals surface area contributed by atoms with E-state index in [0.29, 0.717) is 12.6 Å². The molecule has 0 spiro atoms. The smallest absolute Gasteiger partial charge is 0.407 e. The minimum atomic E-state index is -0.447. The molecule has 0 aliphatic heterocycles. The molecule has 1 aliphatic rings. The van der Waals surface area contributed by atoms with Crippen LogP contribution < -0.4 is 10.6 Å². The molecule has 2 N–H and O–H groups in total. The molecule has 1 amide bonds. The van der Waals surface area contributed by atoms with Crippen LogP contribution in [0.3, 0.4) is 0 Å². The molecule has 2 rings (SSSR count). The summed E-state index contributed by atoms with van der Waals surface area (Å²) in [6, 6.07) is 4.42. The van der Waals surface area contributed by atoms with Crippen molar-refractivity contribution >= 4 is 6.09 Å². The second-order valence-corrected chi connectivity index (χ2v) is 6.11. The molecule has 6 heteroatoms. The number of carbonyl (C=O) groups excluding carboxylic acids is 1. The number of ether oxygens (including phenoxy) is 1. The molecule has 20 heavy (non-hydrogen) atoms. The van der Waals surface area contributed by atoms with E-state index in [1.165, 1.54) is 0 Å². The van der Waals surface area contributed by atoms with E-state index in [4.69, 9.17) is 4.74 Å². The number of nitrogens with zero attached hydrogens (tertiary/aromatic N) is 2. The summed E-state index contributed by atoms with van der Waals surface area (Å²) in [5.41, 5.74) is 0.480. The van der Waals surface area contributed by atoms with E-state index in [-0.39, 0.29) is 12.1 Å². The quantitative estimate of drug-likeness (QED) is 0.875. The fraction of sp³-hybridized carbons (Fsp3) is 0.643. The largest absolute Gasteiger partial charge is 0.444 e. The molecule has 1 aliphatic carbocycles. The number of hydrogen-bond acceptors (Lipinski definition) is 5. The Hall–Kier alpha value is -1.69. The van der Waals surface area contributed by atoms with Gasteiger partial charge in [0.2, 0.25) is 0 Å². The van der Waals surface area contributed by atoms with Gasteiger partial charge >= 0.3 is 6.09 Å². The Morgan fingerprint density at radius 1 is 1.40 bits per heavy atom. The van der Waals surface area contributed by atoms with Gasteiger partial charge in [-0.15, -0.1) is 0 Å². The summed E-state index contributed by atoms with van der Waals surface area (Å²) >= 11 is 0. The van der Waals surface area contributed by atoms with Crippen molar-refractivity contribution < 1.29 is 9.53 Å². The molecule has 0 bridgehead atoms. The van der Waals surface area contributed by atoms with Crippen LogP contribution in [0.2, 0.25) is 0 Å². The van der Waals surface area contributed by atoms with E-state index < -0.39 is 5.60 Å². The SMILES string of the molecule is CC(C)(C)OC(=O)NC1CC(NCc2cccnn2)C1.